The molecule has 0 aliphatic carbocycles. The van der Waals surface area contributed by atoms with Gasteiger partial charge in [-0.05, 0) is 54.1 Å². The van der Waals surface area contributed by atoms with E-state index in [0.29, 0.717) is 12.3 Å². The minimum Gasteiger partial charge on any atom is -0.497 e. The highest BCUT2D eigenvalue weighted by Crippen LogP contribution is 2.16. The maximum absolute atomic E-state index is 11.9. The topological polar surface area (TPSA) is 52.5 Å². The van der Waals surface area contributed by atoms with Crippen molar-refractivity contribution >= 4 is 5.91 Å². The first-order valence-electron chi connectivity index (χ1n) is 8.00. The summed E-state index contributed by atoms with van der Waals surface area (Å²) in [7, 11) is 1.61. The Morgan fingerprint density at radius 2 is 1.60 bits per heavy atom. The average molecular weight is 336 g/mol. The third-order valence-corrected chi connectivity index (χ3v) is 3.76. The SMILES string of the molecule is COc1ccc(OCC(=O)NCc2ccc(-n3cccc3)cc2)cc1. The summed E-state index contributed by atoms with van der Waals surface area (Å²) in [4.78, 5) is 11.9. The van der Waals surface area contributed by atoms with Gasteiger partial charge >= 0.3 is 0 Å². The molecule has 0 saturated heterocycles. The summed E-state index contributed by atoms with van der Waals surface area (Å²) in [5.74, 6) is 1.22. The highest BCUT2D eigenvalue weighted by molar-refractivity contribution is 5.77. The van der Waals surface area contributed by atoms with Crippen LogP contribution in [0.25, 0.3) is 5.69 Å². The second-order valence-corrected chi connectivity index (χ2v) is 5.50. The third-order valence-electron chi connectivity index (χ3n) is 3.76. The number of hydrogen-bond acceptors (Lipinski definition) is 3. The number of nitrogens with zero attached hydrogens (tertiary/aromatic N) is 1. The van der Waals surface area contributed by atoms with Crippen LogP contribution in [0.15, 0.2) is 73.1 Å². The fourth-order valence-corrected chi connectivity index (χ4v) is 2.37. The molecule has 0 aliphatic rings. The Labute approximate surface area is 146 Å². The van der Waals surface area contributed by atoms with E-state index in [1.807, 2.05) is 53.4 Å². The largest absolute Gasteiger partial charge is 0.497 e. The number of ether oxygens (including phenoxy) is 2. The number of carbonyl (C=O) groups is 1. The number of amides is 1. The maximum Gasteiger partial charge on any atom is 0.258 e. The van der Waals surface area contributed by atoms with Gasteiger partial charge in [-0.3, -0.25) is 4.79 Å². The normalized spacial score (nSPS) is 10.3. The summed E-state index contributed by atoms with van der Waals surface area (Å²) in [6, 6.07) is 19.1. The van der Waals surface area contributed by atoms with Crippen LogP contribution in [0.2, 0.25) is 0 Å². The van der Waals surface area contributed by atoms with Gasteiger partial charge in [0.25, 0.3) is 5.91 Å². The van der Waals surface area contributed by atoms with Crippen LogP contribution in [0.5, 0.6) is 11.5 Å². The van der Waals surface area contributed by atoms with E-state index in [4.69, 9.17) is 9.47 Å². The minimum atomic E-state index is -0.162. The molecule has 0 atom stereocenters. The predicted octanol–water partition coefficient (Wildman–Crippen LogP) is 3.18. The molecule has 1 heterocycles. The van der Waals surface area contributed by atoms with E-state index in [1.165, 1.54) is 0 Å². The van der Waals surface area contributed by atoms with Crippen LogP contribution >= 0.6 is 0 Å². The first-order valence-corrected chi connectivity index (χ1v) is 8.00. The molecular formula is C20H20N2O3. The maximum atomic E-state index is 11.9. The Morgan fingerprint density at radius 1 is 0.960 bits per heavy atom. The van der Waals surface area contributed by atoms with Gasteiger partial charge in [0, 0.05) is 24.6 Å². The van der Waals surface area contributed by atoms with E-state index in [9.17, 15) is 4.79 Å². The zero-order chi connectivity index (χ0) is 17.5. The minimum absolute atomic E-state index is 0.0201. The van der Waals surface area contributed by atoms with Crippen molar-refractivity contribution in [3.05, 3.63) is 78.6 Å². The van der Waals surface area contributed by atoms with Gasteiger partial charge in [0.2, 0.25) is 0 Å². The molecule has 3 aromatic rings. The van der Waals surface area contributed by atoms with Gasteiger partial charge < -0.3 is 19.4 Å². The van der Waals surface area contributed by atoms with Crippen molar-refractivity contribution in [3.63, 3.8) is 0 Å². The van der Waals surface area contributed by atoms with Gasteiger partial charge in [-0.1, -0.05) is 12.1 Å². The van der Waals surface area contributed by atoms with Crippen molar-refractivity contribution in [2.24, 2.45) is 0 Å². The lowest BCUT2D eigenvalue weighted by atomic mass is 10.2. The van der Waals surface area contributed by atoms with Gasteiger partial charge in [0.15, 0.2) is 6.61 Å². The van der Waals surface area contributed by atoms with Gasteiger partial charge in [0.05, 0.1) is 7.11 Å². The molecule has 2 aromatic carbocycles. The van der Waals surface area contributed by atoms with Crippen molar-refractivity contribution in [2.45, 2.75) is 6.54 Å². The molecule has 0 fully saturated rings. The van der Waals surface area contributed by atoms with E-state index in [-0.39, 0.29) is 12.5 Å². The Hall–Kier alpha value is -3.21. The summed E-state index contributed by atoms with van der Waals surface area (Å²) in [5, 5.41) is 2.85. The van der Waals surface area contributed by atoms with Crippen LogP contribution in [0.3, 0.4) is 0 Å². The molecule has 128 valence electrons. The highest BCUT2D eigenvalue weighted by atomic mass is 16.5. The Balaban J connectivity index is 1.45. The second kappa shape index (κ2) is 8.06. The van der Waals surface area contributed by atoms with E-state index >= 15 is 0 Å². The molecule has 0 bridgehead atoms. The number of aromatic nitrogens is 1. The zero-order valence-corrected chi connectivity index (χ0v) is 14.0. The van der Waals surface area contributed by atoms with Crippen LogP contribution in [-0.2, 0) is 11.3 Å². The van der Waals surface area contributed by atoms with Gasteiger partial charge in [0.1, 0.15) is 11.5 Å². The second-order valence-electron chi connectivity index (χ2n) is 5.50. The molecule has 25 heavy (non-hydrogen) atoms. The van der Waals surface area contributed by atoms with Gasteiger partial charge in [-0.25, -0.2) is 0 Å². The summed E-state index contributed by atoms with van der Waals surface area (Å²) < 4.78 is 12.6. The summed E-state index contributed by atoms with van der Waals surface area (Å²) in [6.07, 6.45) is 3.99. The van der Waals surface area contributed by atoms with E-state index in [2.05, 4.69) is 5.32 Å². The predicted molar refractivity (Wildman–Crippen MR) is 96.1 cm³/mol. The van der Waals surface area contributed by atoms with E-state index < -0.39 is 0 Å². The molecule has 0 radical (unpaired) electrons. The summed E-state index contributed by atoms with van der Waals surface area (Å²) >= 11 is 0. The standard InChI is InChI=1S/C20H20N2O3/c1-24-18-8-10-19(11-9-18)25-15-20(23)21-14-16-4-6-17(7-5-16)22-12-2-3-13-22/h2-13H,14-15H2,1H3,(H,21,23). The highest BCUT2D eigenvalue weighted by Gasteiger charge is 2.04. The first kappa shape index (κ1) is 16.6. The van der Waals surface area contributed by atoms with E-state index in [1.54, 1.807) is 31.4 Å². The lowest BCUT2D eigenvalue weighted by Gasteiger charge is -2.09. The monoisotopic (exact) mass is 336 g/mol. The molecule has 3 rings (SSSR count). The first-order chi connectivity index (χ1) is 12.2. The van der Waals surface area contributed by atoms with Crippen LogP contribution in [0.1, 0.15) is 5.56 Å². The lowest BCUT2D eigenvalue weighted by molar-refractivity contribution is -0.123. The molecule has 5 nitrogen and oxygen atoms in total. The smallest absolute Gasteiger partial charge is 0.258 e. The molecule has 1 aromatic heterocycles. The van der Waals surface area contributed by atoms with E-state index in [0.717, 1.165) is 17.0 Å². The van der Waals surface area contributed by atoms with Crippen LogP contribution in [0, 0.1) is 0 Å². The summed E-state index contributed by atoms with van der Waals surface area (Å²) in [6.45, 7) is 0.449. The molecule has 0 saturated carbocycles. The quantitative estimate of drug-likeness (QED) is 0.721. The number of nitrogens with one attached hydrogen (secondary N) is 1. The fourth-order valence-electron chi connectivity index (χ4n) is 2.37. The van der Waals surface area contributed by atoms with Gasteiger partial charge in [-0.15, -0.1) is 0 Å². The van der Waals surface area contributed by atoms with Gasteiger partial charge in [-0.2, -0.15) is 0 Å². The van der Waals surface area contributed by atoms with Crippen molar-refractivity contribution in [1.82, 2.24) is 9.88 Å². The van der Waals surface area contributed by atoms with Crippen LogP contribution in [0.4, 0.5) is 0 Å². The molecule has 1 N–H and O–H groups in total. The average Bonchev–Trinajstić information content (AvgIpc) is 3.20. The number of benzene rings is 2. The number of hydrogen-bond donors (Lipinski definition) is 1. The Kier molecular flexibility index (Phi) is 5.36. The molecule has 0 unspecified atom stereocenters. The molecule has 0 aliphatic heterocycles. The van der Waals surface area contributed by atoms with Crippen molar-refractivity contribution in [1.29, 1.82) is 0 Å². The third kappa shape index (κ3) is 4.64. The zero-order valence-electron chi connectivity index (χ0n) is 14.0. The van der Waals surface area contributed by atoms with Crippen LogP contribution in [-0.4, -0.2) is 24.2 Å². The summed E-state index contributed by atoms with van der Waals surface area (Å²) in [5.41, 5.74) is 2.12. The lowest BCUT2D eigenvalue weighted by Crippen LogP contribution is -2.28. The Bertz CT molecular complexity index is 794. The molecular weight excluding hydrogens is 316 g/mol. The Morgan fingerprint density at radius 3 is 2.24 bits per heavy atom. The molecule has 5 heteroatoms. The molecule has 1 amide bonds. The van der Waals surface area contributed by atoms with Crippen molar-refractivity contribution < 1.29 is 14.3 Å². The number of methoxy groups -OCH3 is 1. The van der Waals surface area contributed by atoms with Crippen LogP contribution < -0.4 is 14.8 Å². The van der Waals surface area contributed by atoms with Crippen molar-refractivity contribution in [2.75, 3.05) is 13.7 Å². The fraction of sp³-hybridized carbons (Fsp3) is 0.150. The number of carbonyl (C=O) groups excluding carboxylic acids is 1. The number of rotatable bonds is 7. The van der Waals surface area contributed by atoms with Crippen molar-refractivity contribution in [3.8, 4) is 17.2 Å². The molecule has 0 spiro atoms.